The Morgan fingerprint density at radius 3 is 2.30 bits per heavy atom. The van der Waals surface area contributed by atoms with Gasteiger partial charge in [-0.25, -0.2) is 0 Å². The van der Waals surface area contributed by atoms with Crippen LogP contribution in [0.2, 0.25) is 0 Å². The molecule has 0 N–H and O–H groups in total. The van der Waals surface area contributed by atoms with Crippen LogP contribution in [-0.2, 0) is 10.7 Å². The molecule has 1 aromatic heterocycles. The summed E-state index contributed by atoms with van der Waals surface area (Å²) < 4.78 is 2.29. The summed E-state index contributed by atoms with van der Waals surface area (Å²) in [5.74, 6) is 2.03. The summed E-state index contributed by atoms with van der Waals surface area (Å²) in [5, 5.41) is 9.46. The third-order valence-corrected chi connectivity index (χ3v) is 4.31. The number of nitrogens with zero attached hydrogens (tertiary/aromatic N) is 3. The Balaban J connectivity index is 1.99. The number of hydrogen-bond donors (Lipinski definition) is 0. The van der Waals surface area contributed by atoms with Crippen molar-refractivity contribution >= 4 is 15.9 Å². The van der Waals surface area contributed by atoms with E-state index in [1.54, 1.807) is 0 Å². The Morgan fingerprint density at radius 1 is 1.15 bits per heavy atom. The highest BCUT2D eigenvalue weighted by Gasteiger charge is 2.29. The molecule has 3 nitrogen and oxygen atoms in total. The summed E-state index contributed by atoms with van der Waals surface area (Å²) in [6, 6.07) is 9.34. The SMILES string of the molecule is CC(C)(C)c1ccc(-c2nnc(CBr)n2C2CC2)cc1. The maximum Gasteiger partial charge on any atom is 0.164 e. The van der Waals surface area contributed by atoms with Gasteiger partial charge in [0, 0.05) is 11.6 Å². The first-order chi connectivity index (χ1) is 9.50. The Labute approximate surface area is 128 Å². The normalized spacial score (nSPS) is 15.6. The van der Waals surface area contributed by atoms with E-state index < -0.39 is 0 Å². The molecule has 1 aromatic carbocycles. The van der Waals surface area contributed by atoms with Gasteiger partial charge in [-0.05, 0) is 23.8 Å². The van der Waals surface area contributed by atoms with Crippen LogP contribution < -0.4 is 0 Å². The first kappa shape index (κ1) is 13.8. The Kier molecular flexibility index (Phi) is 3.44. The van der Waals surface area contributed by atoms with Crippen LogP contribution in [0.3, 0.4) is 0 Å². The molecule has 0 atom stereocenters. The second-order valence-corrected chi connectivity index (χ2v) is 7.06. The van der Waals surface area contributed by atoms with E-state index in [2.05, 4.69) is 75.7 Å². The monoisotopic (exact) mass is 333 g/mol. The van der Waals surface area contributed by atoms with Gasteiger partial charge in [0.15, 0.2) is 5.82 Å². The number of aromatic nitrogens is 3. The van der Waals surface area contributed by atoms with E-state index in [-0.39, 0.29) is 5.41 Å². The van der Waals surface area contributed by atoms with Crippen molar-refractivity contribution in [3.05, 3.63) is 35.7 Å². The lowest BCUT2D eigenvalue weighted by Gasteiger charge is -2.19. The fourth-order valence-corrected chi connectivity index (χ4v) is 2.83. The largest absolute Gasteiger partial charge is 0.307 e. The average Bonchev–Trinajstić information content (AvgIpc) is 3.17. The second-order valence-electron chi connectivity index (χ2n) is 6.50. The van der Waals surface area contributed by atoms with Crippen LogP contribution in [0.25, 0.3) is 11.4 Å². The van der Waals surface area contributed by atoms with Crippen molar-refractivity contribution in [2.45, 2.75) is 50.4 Å². The fraction of sp³-hybridized carbons (Fsp3) is 0.500. The third-order valence-electron chi connectivity index (χ3n) is 3.81. The van der Waals surface area contributed by atoms with Gasteiger partial charge in [-0.15, -0.1) is 10.2 Å². The van der Waals surface area contributed by atoms with Gasteiger partial charge >= 0.3 is 0 Å². The standard InChI is InChI=1S/C16H20BrN3/c1-16(2,3)12-6-4-11(5-7-12)15-19-18-14(10-17)20(15)13-8-9-13/h4-7,13H,8-10H2,1-3H3. The van der Waals surface area contributed by atoms with Crippen molar-refractivity contribution in [2.75, 3.05) is 0 Å². The van der Waals surface area contributed by atoms with Crippen molar-refractivity contribution in [2.24, 2.45) is 0 Å². The summed E-state index contributed by atoms with van der Waals surface area (Å²) in [5.41, 5.74) is 2.69. The van der Waals surface area contributed by atoms with Crippen molar-refractivity contribution in [3.63, 3.8) is 0 Å². The fourth-order valence-electron chi connectivity index (χ4n) is 2.45. The van der Waals surface area contributed by atoms with Gasteiger partial charge in [0.05, 0.1) is 5.33 Å². The van der Waals surface area contributed by atoms with E-state index in [9.17, 15) is 0 Å². The molecule has 0 bridgehead atoms. The van der Waals surface area contributed by atoms with E-state index in [4.69, 9.17) is 0 Å². The molecular formula is C16H20BrN3. The zero-order valence-electron chi connectivity index (χ0n) is 12.2. The minimum Gasteiger partial charge on any atom is -0.307 e. The van der Waals surface area contributed by atoms with Gasteiger partial charge in [-0.3, -0.25) is 0 Å². The van der Waals surface area contributed by atoms with Crippen LogP contribution >= 0.6 is 15.9 Å². The number of benzene rings is 1. The molecule has 1 heterocycles. The van der Waals surface area contributed by atoms with Crippen molar-refractivity contribution in [1.82, 2.24) is 14.8 Å². The van der Waals surface area contributed by atoms with Crippen molar-refractivity contribution < 1.29 is 0 Å². The summed E-state index contributed by atoms with van der Waals surface area (Å²) in [7, 11) is 0. The van der Waals surface area contributed by atoms with E-state index in [0.29, 0.717) is 6.04 Å². The van der Waals surface area contributed by atoms with Gasteiger partial charge in [0.25, 0.3) is 0 Å². The molecule has 0 saturated heterocycles. The predicted molar refractivity (Wildman–Crippen MR) is 85.1 cm³/mol. The highest BCUT2D eigenvalue weighted by atomic mass is 79.9. The molecule has 20 heavy (non-hydrogen) atoms. The maximum absolute atomic E-state index is 4.39. The number of alkyl halides is 1. The van der Waals surface area contributed by atoms with Gasteiger partial charge < -0.3 is 4.57 Å². The molecule has 0 unspecified atom stereocenters. The second kappa shape index (κ2) is 4.99. The summed E-state index contributed by atoms with van der Waals surface area (Å²) >= 11 is 3.50. The molecule has 1 aliphatic rings. The van der Waals surface area contributed by atoms with E-state index in [0.717, 1.165) is 22.5 Å². The van der Waals surface area contributed by atoms with Gasteiger partial charge in [0.1, 0.15) is 5.82 Å². The van der Waals surface area contributed by atoms with Gasteiger partial charge in [-0.1, -0.05) is 61.0 Å². The average molecular weight is 334 g/mol. The lowest BCUT2D eigenvalue weighted by Crippen LogP contribution is -2.10. The molecule has 0 radical (unpaired) electrons. The molecule has 3 rings (SSSR count). The summed E-state index contributed by atoms with van der Waals surface area (Å²) in [4.78, 5) is 0. The van der Waals surface area contributed by atoms with E-state index in [1.165, 1.54) is 18.4 Å². The van der Waals surface area contributed by atoms with Crippen LogP contribution in [0.4, 0.5) is 0 Å². The molecule has 106 valence electrons. The quantitative estimate of drug-likeness (QED) is 0.775. The molecule has 1 aliphatic carbocycles. The van der Waals surface area contributed by atoms with Crippen LogP contribution in [-0.4, -0.2) is 14.8 Å². The van der Waals surface area contributed by atoms with Gasteiger partial charge in [0.2, 0.25) is 0 Å². The third kappa shape index (κ3) is 2.53. The van der Waals surface area contributed by atoms with Crippen molar-refractivity contribution in [3.8, 4) is 11.4 Å². The first-order valence-corrected chi connectivity index (χ1v) is 8.23. The Hall–Kier alpha value is -1.16. The minimum atomic E-state index is 0.184. The number of halogens is 1. The van der Waals surface area contributed by atoms with Crippen LogP contribution in [0.1, 0.15) is 51.0 Å². The molecule has 0 amide bonds. The molecule has 0 spiro atoms. The lowest BCUT2D eigenvalue weighted by atomic mass is 9.87. The van der Waals surface area contributed by atoms with Crippen LogP contribution in [0, 0.1) is 0 Å². The molecule has 1 fully saturated rings. The highest BCUT2D eigenvalue weighted by Crippen LogP contribution is 2.39. The molecule has 4 heteroatoms. The van der Waals surface area contributed by atoms with Gasteiger partial charge in [-0.2, -0.15) is 0 Å². The van der Waals surface area contributed by atoms with Crippen LogP contribution in [0.15, 0.2) is 24.3 Å². The minimum absolute atomic E-state index is 0.184. The molecule has 2 aromatic rings. The molecule has 0 aliphatic heterocycles. The molecular weight excluding hydrogens is 314 g/mol. The van der Waals surface area contributed by atoms with Crippen molar-refractivity contribution in [1.29, 1.82) is 0 Å². The summed E-state index contributed by atoms with van der Waals surface area (Å²) in [6.45, 7) is 6.70. The maximum atomic E-state index is 4.39. The predicted octanol–water partition coefficient (Wildman–Crippen LogP) is 4.47. The number of rotatable bonds is 3. The smallest absolute Gasteiger partial charge is 0.164 e. The highest BCUT2D eigenvalue weighted by molar-refractivity contribution is 9.08. The van der Waals surface area contributed by atoms with Crippen LogP contribution in [0.5, 0.6) is 0 Å². The molecule has 1 saturated carbocycles. The zero-order chi connectivity index (χ0) is 14.3. The Bertz CT molecular complexity index is 604. The zero-order valence-corrected chi connectivity index (χ0v) is 13.8. The van der Waals surface area contributed by atoms with E-state index >= 15 is 0 Å². The lowest BCUT2D eigenvalue weighted by molar-refractivity contribution is 0.590. The first-order valence-electron chi connectivity index (χ1n) is 7.11. The topological polar surface area (TPSA) is 30.7 Å². The van der Waals surface area contributed by atoms with E-state index in [1.807, 2.05) is 0 Å². The number of hydrogen-bond acceptors (Lipinski definition) is 2. The summed E-state index contributed by atoms with van der Waals surface area (Å²) in [6.07, 6.45) is 2.48. The Morgan fingerprint density at radius 2 is 1.80 bits per heavy atom.